The minimum absolute atomic E-state index is 0.380. The van der Waals surface area contributed by atoms with Gasteiger partial charge in [0.25, 0.3) is 0 Å². The zero-order valence-corrected chi connectivity index (χ0v) is 5.36. The van der Waals surface area contributed by atoms with Gasteiger partial charge in [-0.1, -0.05) is 0 Å². The van der Waals surface area contributed by atoms with Crippen LogP contribution in [0, 0.1) is 0 Å². The summed E-state index contributed by atoms with van der Waals surface area (Å²) in [5, 5.41) is 0. The number of thiol groups is 1. The van der Waals surface area contributed by atoms with Gasteiger partial charge < -0.3 is 0 Å². The molecule has 0 aliphatic heterocycles. The topological polar surface area (TPSA) is 4.36 Å². The molecule has 0 aromatic rings. The first kappa shape index (κ1) is 5.73. The number of hydrogen-bond acceptors (Lipinski definition) is 1. The van der Waals surface area contributed by atoms with Crippen molar-refractivity contribution < 1.29 is 17.1 Å². The first-order chi connectivity index (χ1) is 2.27. The Labute approximate surface area is 50.0 Å². The predicted octanol–water partition coefficient (Wildman–Crippen LogP) is 1.04. The van der Waals surface area contributed by atoms with E-state index < -0.39 is 0 Å². The third-order valence-corrected chi connectivity index (χ3v) is 1.06. The van der Waals surface area contributed by atoms with E-state index in [1.54, 1.807) is 0 Å². The molecule has 0 aliphatic carbocycles. The van der Waals surface area contributed by atoms with E-state index >= 15 is 0 Å². The zero-order valence-electron chi connectivity index (χ0n) is 2.25. The van der Waals surface area contributed by atoms with Gasteiger partial charge in [-0.3, -0.25) is 0 Å². The first-order valence-corrected chi connectivity index (χ1v) is 2.33. The molecule has 0 rings (SSSR count). The van der Waals surface area contributed by atoms with Crippen LogP contribution in [0.5, 0.6) is 0 Å². The quantitative estimate of drug-likeness (QED) is 0.391. The van der Waals surface area contributed by atoms with E-state index in [0.29, 0.717) is 4.32 Å². The summed E-state index contributed by atoms with van der Waals surface area (Å²) in [4.78, 5) is 0. The van der Waals surface area contributed by atoms with Gasteiger partial charge >= 0.3 is 49.8 Å². The number of rotatable bonds is 0. The molecule has 0 fully saturated rings. The van der Waals surface area contributed by atoms with Gasteiger partial charge in [-0.2, -0.15) is 0 Å². The number of thiocarbonyl (C=S) groups is 1. The standard InChI is InChI=1S/CHNS2.V/c2-1(3)4;/h(H,3,4);/q+1;. The Morgan fingerprint density at radius 1 is 2.00 bits per heavy atom. The van der Waals surface area contributed by atoms with Crippen LogP contribution in [-0.4, -0.2) is 4.32 Å². The molecule has 0 saturated heterocycles. The molecule has 0 N–H and O–H groups in total. The van der Waals surface area contributed by atoms with Crippen molar-refractivity contribution in [1.29, 1.82) is 0 Å². The average Bonchev–Trinajstić information content (AvgIpc) is 1.38. The molecule has 0 aliphatic rings. The Kier molecular flexibility index (Phi) is 3.38. The molecule has 0 atom stereocenters. The van der Waals surface area contributed by atoms with E-state index in [9.17, 15) is 0 Å². The third kappa shape index (κ3) is 4.73. The molecule has 0 saturated carbocycles. The molecule has 0 radical (unpaired) electrons. The maximum atomic E-state index is 4.38. The molecule has 0 unspecified atom stereocenters. The molecule has 0 amide bonds. The van der Waals surface area contributed by atoms with Gasteiger partial charge in [0.1, 0.15) is 0 Å². The predicted molar refractivity (Wildman–Crippen MR) is 24.9 cm³/mol. The number of nitrogens with zero attached hydrogens (tertiary/aromatic N) is 1. The Balaban J connectivity index is 3.35. The van der Waals surface area contributed by atoms with Crippen molar-refractivity contribution in [1.82, 2.24) is 0 Å². The van der Waals surface area contributed by atoms with E-state index in [2.05, 4.69) is 28.5 Å². The Bertz CT molecular complexity index is 82.1. The second-order valence-corrected chi connectivity index (χ2v) is 1.81. The molecule has 0 aromatic carbocycles. The van der Waals surface area contributed by atoms with Gasteiger partial charge in [-0.15, -0.1) is 0 Å². The summed E-state index contributed by atoms with van der Waals surface area (Å²) in [6.07, 6.45) is 0. The van der Waals surface area contributed by atoms with Crippen LogP contribution in [0.15, 0.2) is 0 Å². The molecule has 0 spiro atoms. The van der Waals surface area contributed by atoms with E-state index in [1.165, 1.54) is 0 Å². The second kappa shape index (κ2) is 2.95. The fourth-order valence-electron chi connectivity index (χ4n) is 0. The molecule has 4 heteroatoms. The van der Waals surface area contributed by atoms with Crippen LogP contribution in [0.1, 0.15) is 0 Å². The van der Waals surface area contributed by atoms with Gasteiger partial charge in [0.05, 0.1) is 0 Å². The van der Waals surface area contributed by atoms with Gasteiger partial charge in [-0.05, 0) is 0 Å². The van der Waals surface area contributed by atoms with Gasteiger partial charge in [0, 0.05) is 0 Å². The van der Waals surface area contributed by atoms with Crippen molar-refractivity contribution in [2.45, 2.75) is 0 Å². The SMILES string of the molecule is S=C(S)[N+]#[V]. The van der Waals surface area contributed by atoms with E-state index in [1.807, 2.05) is 17.1 Å². The molecule has 0 aromatic heterocycles. The maximum absolute atomic E-state index is 4.38. The summed E-state index contributed by atoms with van der Waals surface area (Å²) < 4.78 is 3.80. The van der Waals surface area contributed by atoms with Crippen molar-refractivity contribution in [2.75, 3.05) is 0 Å². The summed E-state index contributed by atoms with van der Waals surface area (Å²) >= 11 is 10.0. The van der Waals surface area contributed by atoms with Crippen LogP contribution in [0.4, 0.5) is 0 Å². The third-order valence-electron chi connectivity index (χ3n) is 0.0855. The fourth-order valence-corrected chi connectivity index (χ4v) is 0. The van der Waals surface area contributed by atoms with Gasteiger partial charge in [0.2, 0.25) is 0 Å². The average molecular weight is 142 g/mol. The summed E-state index contributed by atoms with van der Waals surface area (Å²) in [5.74, 6) is 0. The van der Waals surface area contributed by atoms with Crippen molar-refractivity contribution in [3.63, 3.8) is 0 Å². The normalized spacial score (nSPS) is 5.60. The Hall–Kier alpha value is 0.734. The first-order valence-electron chi connectivity index (χ1n) is 0.851. The summed E-state index contributed by atoms with van der Waals surface area (Å²) in [6.45, 7) is 0. The van der Waals surface area contributed by atoms with Gasteiger partial charge in [0.15, 0.2) is 0 Å². The molecule has 0 heterocycles. The molecule has 0 bridgehead atoms. The molecule has 26 valence electrons. The minimum atomic E-state index is 0.380. The summed E-state index contributed by atoms with van der Waals surface area (Å²) in [6, 6.07) is 0. The van der Waals surface area contributed by atoms with Crippen LogP contribution in [0.2, 0.25) is 0 Å². The number of hydrogen-bond donors (Lipinski definition) is 1. The Morgan fingerprint density at radius 2 is 2.20 bits per heavy atom. The van der Waals surface area contributed by atoms with Crippen molar-refractivity contribution >= 4 is 29.2 Å². The van der Waals surface area contributed by atoms with Crippen LogP contribution in [0.25, 0.3) is 3.61 Å². The van der Waals surface area contributed by atoms with E-state index in [-0.39, 0.29) is 0 Å². The molecule has 5 heavy (non-hydrogen) atoms. The molecular weight excluding hydrogens is 141 g/mol. The Morgan fingerprint density at radius 3 is 2.20 bits per heavy atom. The van der Waals surface area contributed by atoms with Gasteiger partial charge in [-0.25, -0.2) is 0 Å². The van der Waals surface area contributed by atoms with Crippen LogP contribution >= 0.6 is 24.8 Å². The van der Waals surface area contributed by atoms with Crippen molar-refractivity contribution in [3.05, 3.63) is 3.61 Å². The molecule has 1 nitrogen and oxygen atoms in total. The van der Waals surface area contributed by atoms with Crippen molar-refractivity contribution in [3.8, 4) is 0 Å². The molecular formula is CHNS2V+. The second-order valence-electron chi connectivity index (χ2n) is 0.383. The van der Waals surface area contributed by atoms with Crippen LogP contribution in [0.3, 0.4) is 0 Å². The van der Waals surface area contributed by atoms with E-state index in [4.69, 9.17) is 0 Å². The monoisotopic (exact) mass is 142 g/mol. The van der Waals surface area contributed by atoms with Crippen LogP contribution in [-0.2, 0) is 17.1 Å². The van der Waals surface area contributed by atoms with E-state index in [0.717, 1.165) is 0 Å². The van der Waals surface area contributed by atoms with Crippen LogP contribution < -0.4 is 0 Å². The zero-order chi connectivity index (χ0) is 4.28. The summed E-state index contributed by atoms with van der Waals surface area (Å²) in [5.41, 5.74) is 0. The fraction of sp³-hybridized carbons (Fsp3) is 0. The van der Waals surface area contributed by atoms with Crippen molar-refractivity contribution in [2.24, 2.45) is 0 Å². The summed E-state index contributed by atoms with van der Waals surface area (Å²) in [7, 11) is 0.